The molecule has 1 N–H and O–H groups in total. The van der Waals surface area contributed by atoms with Crippen LogP contribution in [-0.4, -0.2) is 59.2 Å². The number of aromatic carboxylic acids is 1. The molecule has 0 spiro atoms. The maximum Gasteiger partial charge on any atom is 0.356 e. The molecule has 18 heavy (non-hydrogen) atoms. The monoisotopic (exact) mass is 250 g/mol. The molecule has 1 aliphatic heterocycles. The van der Waals surface area contributed by atoms with Crippen molar-refractivity contribution in [2.75, 3.05) is 32.1 Å². The summed E-state index contributed by atoms with van der Waals surface area (Å²) in [5.74, 6) is -0.325. The van der Waals surface area contributed by atoms with E-state index in [1.165, 1.54) is 18.8 Å². The molecule has 1 aromatic heterocycles. The summed E-state index contributed by atoms with van der Waals surface area (Å²) in [6.45, 7) is 2.13. The summed E-state index contributed by atoms with van der Waals surface area (Å²) in [6.07, 6.45) is 5.13. The SMILES string of the molecule is CN1CCCC(N(C)c2cnc(C(=O)O)cn2)C1. The van der Waals surface area contributed by atoms with E-state index in [1.807, 2.05) is 7.05 Å². The van der Waals surface area contributed by atoms with Crippen molar-refractivity contribution in [2.24, 2.45) is 0 Å². The molecule has 1 unspecified atom stereocenters. The molecule has 1 aliphatic rings. The maximum absolute atomic E-state index is 10.7. The Morgan fingerprint density at radius 3 is 2.83 bits per heavy atom. The minimum Gasteiger partial charge on any atom is -0.476 e. The van der Waals surface area contributed by atoms with E-state index >= 15 is 0 Å². The molecule has 0 bridgehead atoms. The van der Waals surface area contributed by atoms with Crippen LogP contribution >= 0.6 is 0 Å². The number of likely N-dealkylation sites (N-methyl/N-ethyl adjacent to an activating group) is 2. The Labute approximate surface area is 106 Å². The summed E-state index contributed by atoms with van der Waals surface area (Å²) in [5.41, 5.74) is -0.0205. The van der Waals surface area contributed by atoms with Gasteiger partial charge in [-0.15, -0.1) is 0 Å². The van der Waals surface area contributed by atoms with Gasteiger partial charge in [-0.05, 0) is 26.4 Å². The molecular formula is C12H18N4O2. The van der Waals surface area contributed by atoms with Crippen molar-refractivity contribution >= 4 is 11.8 Å². The zero-order valence-corrected chi connectivity index (χ0v) is 10.7. The number of anilines is 1. The van der Waals surface area contributed by atoms with Crippen LogP contribution in [0.15, 0.2) is 12.4 Å². The minimum atomic E-state index is -1.05. The van der Waals surface area contributed by atoms with Crippen molar-refractivity contribution in [3.63, 3.8) is 0 Å². The molecule has 0 saturated carbocycles. The average Bonchev–Trinajstić information content (AvgIpc) is 2.38. The molecule has 1 atom stereocenters. The number of carbonyl (C=O) groups is 1. The van der Waals surface area contributed by atoms with E-state index in [-0.39, 0.29) is 5.69 Å². The minimum absolute atomic E-state index is 0.0205. The van der Waals surface area contributed by atoms with Gasteiger partial charge in [0.2, 0.25) is 0 Å². The van der Waals surface area contributed by atoms with E-state index in [2.05, 4.69) is 26.8 Å². The summed E-state index contributed by atoms with van der Waals surface area (Å²) < 4.78 is 0. The third-order valence-corrected chi connectivity index (χ3v) is 3.37. The highest BCUT2D eigenvalue weighted by molar-refractivity contribution is 5.84. The standard InChI is InChI=1S/C12H18N4O2/c1-15-5-3-4-9(8-15)16(2)11-7-13-10(6-14-11)12(17)18/h6-7,9H,3-5,8H2,1-2H3,(H,17,18). The lowest BCUT2D eigenvalue weighted by Crippen LogP contribution is -2.45. The van der Waals surface area contributed by atoms with Gasteiger partial charge in [-0.1, -0.05) is 0 Å². The first kappa shape index (κ1) is 12.8. The number of rotatable bonds is 3. The molecule has 1 aromatic rings. The molecule has 98 valence electrons. The van der Waals surface area contributed by atoms with Crippen molar-refractivity contribution in [2.45, 2.75) is 18.9 Å². The number of piperidine rings is 1. The van der Waals surface area contributed by atoms with Gasteiger partial charge in [0, 0.05) is 19.6 Å². The van der Waals surface area contributed by atoms with E-state index in [0.29, 0.717) is 6.04 Å². The first-order chi connectivity index (χ1) is 8.58. The topological polar surface area (TPSA) is 69.6 Å². The lowest BCUT2D eigenvalue weighted by molar-refractivity contribution is 0.0690. The number of carboxylic acids is 1. The van der Waals surface area contributed by atoms with Gasteiger partial charge in [-0.2, -0.15) is 0 Å². The van der Waals surface area contributed by atoms with Crippen molar-refractivity contribution in [1.29, 1.82) is 0 Å². The zero-order valence-electron chi connectivity index (χ0n) is 10.7. The molecule has 2 rings (SSSR count). The summed E-state index contributed by atoms with van der Waals surface area (Å²) in [4.78, 5) is 23.1. The second-order valence-corrected chi connectivity index (χ2v) is 4.73. The van der Waals surface area contributed by atoms with Gasteiger partial charge < -0.3 is 14.9 Å². The van der Waals surface area contributed by atoms with Gasteiger partial charge in [0.25, 0.3) is 0 Å². The lowest BCUT2D eigenvalue weighted by Gasteiger charge is -2.36. The van der Waals surface area contributed by atoms with Crippen LogP contribution in [0.2, 0.25) is 0 Å². The molecule has 6 heteroatoms. The molecule has 1 saturated heterocycles. The molecule has 1 fully saturated rings. The maximum atomic E-state index is 10.7. The Kier molecular flexibility index (Phi) is 3.76. The Bertz CT molecular complexity index is 421. The van der Waals surface area contributed by atoms with Gasteiger partial charge in [0.15, 0.2) is 5.69 Å². The summed E-state index contributed by atoms with van der Waals surface area (Å²) in [5, 5.41) is 8.77. The number of carboxylic acid groups (broad SMARTS) is 1. The second-order valence-electron chi connectivity index (χ2n) is 4.73. The largest absolute Gasteiger partial charge is 0.476 e. The van der Waals surface area contributed by atoms with E-state index in [4.69, 9.17) is 5.11 Å². The zero-order chi connectivity index (χ0) is 13.1. The highest BCUT2D eigenvalue weighted by Crippen LogP contribution is 2.18. The van der Waals surface area contributed by atoms with Crippen LogP contribution in [0.3, 0.4) is 0 Å². The van der Waals surface area contributed by atoms with E-state index in [0.717, 1.165) is 25.3 Å². The number of likely N-dealkylation sites (tertiary alicyclic amines) is 1. The van der Waals surface area contributed by atoms with Crippen molar-refractivity contribution in [1.82, 2.24) is 14.9 Å². The summed E-state index contributed by atoms with van der Waals surface area (Å²) in [6, 6.07) is 0.411. The molecule has 0 aliphatic carbocycles. The van der Waals surface area contributed by atoms with Crippen molar-refractivity contribution < 1.29 is 9.90 Å². The van der Waals surface area contributed by atoms with E-state index < -0.39 is 5.97 Å². The Balaban J connectivity index is 2.08. The first-order valence-corrected chi connectivity index (χ1v) is 6.04. The Hall–Kier alpha value is -1.69. The van der Waals surface area contributed by atoms with Crippen LogP contribution in [0.4, 0.5) is 5.82 Å². The second kappa shape index (κ2) is 5.30. The van der Waals surface area contributed by atoms with Gasteiger partial charge >= 0.3 is 5.97 Å². The van der Waals surface area contributed by atoms with Gasteiger partial charge in [0.05, 0.1) is 12.4 Å². The third kappa shape index (κ3) is 2.76. The summed E-state index contributed by atoms with van der Waals surface area (Å²) >= 11 is 0. The predicted octanol–water partition coefficient (Wildman–Crippen LogP) is 0.705. The van der Waals surface area contributed by atoms with Crippen molar-refractivity contribution in [3.05, 3.63) is 18.1 Å². The van der Waals surface area contributed by atoms with Crippen LogP contribution in [-0.2, 0) is 0 Å². The Morgan fingerprint density at radius 2 is 2.28 bits per heavy atom. The number of hydrogen-bond acceptors (Lipinski definition) is 5. The number of aromatic nitrogens is 2. The molecule has 6 nitrogen and oxygen atoms in total. The predicted molar refractivity (Wildman–Crippen MR) is 67.9 cm³/mol. The van der Waals surface area contributed by atoms with Gasteiger partial charge in [0.1, 0.15) is 5.82 Å². The average molecular weight is 250 g/mol. The highest BCUT2D eigenvalue weighted by atomic mass is 16.4. The van der Waals surface area contributed by atoms with Gasteiger partial charge in [-0.25, -0.2) is 14.8 Å². The smallest absolute Gasteiger partial charge is 0.356 e. The lowest BCUT2D eigenvalue weighted by atomic mass is 10.1. The quantitative estimate of drug-likeness (QED) is 0.852. The fraction of sp³-hybridized carbons (Fsp3) is 0.583. The fourth-order valence-electron chi connectivity index (χ4n) is 2.26. The summed E-state index contributed by atoms with van der Waals surface area (Å²) in [7, 11) is 4.09. The Morgan fingerprint density at radius 1 is 1.50 bits per heavy atom. The third-order valence-electron chi connectivity index (χ3n) is 3.37. The normalized spacial score (nSPS) is 20.7. The van der Waals surface area contributed by atoms with Crippen molar-refractivity contribution in [3.8, 4) is 0 Å². The molecule has 0 aromatic carbocycles. The van der Waals surface area contributed by atoms with E-state index in [1.54, 1.807) is 0 Å². The molecular weight excluding hydrogens is 232 g/mol. The van der Waals surface area contributed by atoms with Gasteiger partial charge in [-0.3, -0.25) is 0 Å². The first-order valence-electron chi connectivity index (χ1n) is 6.04. The molecule has 0 amide bonds. The molecule has 0 radical (unpaired) electrons. The van der Waals surface area contributed by atoms with Crippen LogP contribution in [0, 0.1) is 0 Å². The number of nitrogens with zero attached hydrogens (tertiary/aromatic N) is 4. The highest BCUT2D eigenvalue weighted by Gasteiger charge is 2.22. The van der Waals surface area contributed by atoms with Crippen LogP contribution in [0.5, 0.6) is 0 Å². The van der Waals surface area contributed by atoms with Crippen LogP contribution < -0.4 is 4.90 Å². The van der Waals surface area contributed by atoms with Crippen LogP contribution in [0.25, 0.3) is 0 Å². The van der Waals surface area contributed by atoms with Crippen LogP contribution in [0.1, 0.15) is 23.3 Å². The fourth-order valence-corrected chi connectivity index (χ4v) is 2.26. The van der Waals surface area contributed by atoms with E-state index in [9.17, 15) is 4.79 Å². The molecule has 2 heterocycles. The number of hydrogen-bond donors (Lipinski definition) is 1.